The van der Waals surface area contributed by atoms with Crippen molar-refractivity contribution in [3.05, 3.63) is 77.7 Å². The van der Waals surface area contributed by atoms with Gasteiger partial charge in [0.2, 0.25) is 0 Å². The minimum atomic E-state index is -1.06. The fourth-order valence-corrected chi connectivity index (χ4v) is 7.73. The highest BCUT2D eigenvalue weighted by Gasteiger charge is 2.43. The third kappa shape index (κ3) is 7.46. The lowest BCUT2D eigenvalue weighted by Crippen LogP contribution is -2.58. The maximum Gasteiger partial charge on any atom is 0.410 e. The molecule has 1 N–H and O–H groups in total. The van der Waals surface area contributed by atoms with E-state index >= 15 is 0 Å². The van der Waals surface area contributed by atoms with Crippen LogP contribution in [0.2, 0.25) is 0 Å². The maximum atomic E-state index is 14.7. The third-order valence-electron chi connectivity index (χ3n) is 10.1. The van der Waals surface area contributed by atoms with Gasteiger partial charge in [-0.15, -0.1) is 0 Å². The van der Waals surface area contributed by atoms with Gasteiger partial charge in [0.1, 0.15) is 11.2 Å². The lowest BCUT2D eigenvalue weighted by molar-refractivity contribution is -0.0893. The van der Waals surface area contributed by atoms with Gasteiger partial charge in [0.25, 0.3) is 5.91 Å². The van der Waals surface area contributed by atoms with Crippen molar-refractivity contribution in [2.75, 3.05) is 46.4 Å². The number of carbonyl (C=O) groups is 2. The molecule has 2 aliphatic heterocycles. The first kappa shape index (κ1) is 34.1. The molecular weight excluding hydrogens is 606 g/mol. The Labute approximate surface area is 284 Å². The second-order valence-electron chi connectivity index (χ2n) is 14.7. The molecule has 2 fully saturated rings. The van der Waals surface area contributed by atoms with Crippen LogP contribution in [0.15, 0.2) is 60.9 Å². The average Bonchev–Trinajstić information content (AvgIpc) is 3.51. The lowest BCUT2D eigenvalue weighted by atomic mass is 9.80. The van der Waals surface area contributed by atoms with E-state index in [-0.39, 0.29) is 30.7 Å². The van der Waals surface area contributed by atoms with Crippen molar-refractivity contribution < 1.29 is 24.2 Å². The van der Waals surface area contributed by atoms with Crippen molar-refractivity contribution >= 4 is 12.0 Å². The van der Waals surface area contributed by atoms with Crippen molar-refractivity contribution in [2.45, 2.75) is 89.1 Å². The summed E-state index contributed by atoms with van der Waals surface area (Å²) in [6, 6.07) is 18.0. The number of methoxy groups -OCH3 is 1. The van der Waals surface area contributed by atoms with Gasteiger partial charge in [-0.2, -0.15) is 0 Å². The number of aromatic nitrogens is 2. The SMILES string of the molecule is COC[C@]1(O)CCCC[C@H]1n1cnc(C(=O)N2CCN(C(=O)OC(C)(C)C)C[C@H]2CCN2CCc3ccccc3C2)c1-c1ccccc1. The van der Waals surface area contributed by atoms with Gasteiger partial charge in [0, 0.05) is 51.9 Å². The van der Waals surface area contributed by atoms with Crippen LogP contribution in [0.3, 0.4) is 0 Å². The molecule has 0 radical (unpaired) electrons. The summed E-state index contributed by atoms with van der Waals surface area (Å²) in [5.74, 6) is -0.156. The van der Waals surface area contributed by atoms with Crippen LogP contribution < -0.4 is 0 Å². The van der Waals surface area contributed by atoms with Gasteiger partial charge in [-0.3, -0.25) is 9.69 Å². The van der Waals surface area contributed by atoms with E-state index in [0.717, 1.165) is 50.9 Å². The summed E-state index contributed by atoms with van der Waals surface area (Å²) in [6.07, 6.45) is 6.37. The molecule has 10 heteroatoms. The van der Waals surface area contributed by atoms with E-state index in [2.05, 4.69) is 29.2 Å². The Bertz CT molecular complexity index is 1560. The number of aliphatic hydroxyl groups is 1. The molecule has 0 spiro atoms. The molecule has 1 aliphatic carbocycles. The highest BCUT2D eigenvalue weighted by atomic mass is 16.6. The topological polar surface area (TPSA) is 100 Å². The van der Waals surface area contributed by atoms with Crippen LogP contribution in [-0.2, 0) is 22.4 Å². The van der Waals surface area contributed by atoms with Crippen molar-refractivity contribution in [1.29, 1.82) is 0 Å². The van der Waals surface area contributed by atoms with Gasteiger partial charge in [0.05, 0.1) is 30.7 Å². The van der Waals surface area contributed by atoms with Crippen molar-refractivity contribution in [3.8, 4) is 11.3 Å². The summed E-state index contributed by atoms with van der Waals surface area (Å²) < 4.78 is 13.3. The van der Waals surface area contributed by atoms with E-state index in [1.54, 1.807) is 18.3 Å². The predicted molar refractivity (Wildman–Crippen MR) is 185 cm³/mol. The average molecular weight is 658 g/mol. The highest BCUT2D eigenvalue weighted by molar-refractivity contribution is 5.98. The molecule has 0 bridgehead atoms. The molecule has 1 saturated carbocycles. The normalized spacial score (nSPS) is 23.5. The molecule has 10 nitrogen and oxygen atoms in total. The summed E-state index contributed by atoms with van der Waals surface area (Å²) in [4.78, 5) is 38.8. The number of imidazole rings is 1. The Hall–Kier alpha value is -3.73. The number of benzene rings is 2. The number of hydrogen-bond donors (Lipinski definition) is 1. The number of nitrogens with zero attached hydrogens (tertiary/aromatic N) is 5. The molecule has 3 atom stereocenters. The molecule has 1 saturated heterocycles. The number of hydrogen-bond acceptors (Lipinski definition) is 7. The molecule has 6 rings (SSSR count). The third-order valence-corrected chi connectivity index (χ3v) is 10.1. The molecular formula is C38H51N5O5. The maximum absolute atomic E-state index is 14.7. The molecule has 2 aromatic carbocycles. The smallest absolute Gasteiger partial charge is 0.410 e. The number of amides is 2. The summed E-state index contributed by atoms with van der Waals surface area (Å²) in [6.45, 7) is 9.62. The predicted octanol–water partition coefficient (Wildman–Crippen LogP) is 5.55. The Morgan fingerprint density at radius 3 is 2.50 bits per heavy atom. The van der Waals surface area contributed by atoms with E-state index in [1.807, 2.05) is 60.6 Å². The first-order chi connectivity index (χ1) is 23.1. The molecule has 48 heavy (non-hydrogen) atoms. The minimum Gasteiger partial charge on any atom is -0.444 e. The van der Waals surface area contributed by atoms with Gasteiger partial charge in [0.15, 0.2) is 5.69 Å². The van der Waals surface area contributed by atoms with Crippen LogP contribution in [0.25, 0.3) is 11.3 Å². The number of rotatable bonds is 8. The molecule has 0 unspecified atom stereocenters. The van der Waals surface area contributed by atoms with E-state index in [1.165, 1.54) is 11.1 Å². The molecule has 3 aromatic rings. The standard InChI is InChI=1S/C38H51N5O5/c1-37(2,3)48-36(45)41-22-23-42(31(25-41)18-21-40-20-17-28-12-8-9-15-30(28)24-40)35(44)33-34(29-13-6-5-7-14-29)43(27-39-33)32-16-10-11-19-38(32,46)26-47-4/h5-9,12-15,27,31-32,46H,10-11,16-26H2,1-4H3/t31-,32-,38-/m1/s1. The fourth-order valence-electron chi connectivity index (χ4n) is 7.73. The van der Waals surface area contributed by atoms with Gasteiger partial charge in [-0.25, -0.2) is 9.78 Å². The Morgan fingerprint density at radius 1 is 1.00 bits per heavy atom. The largest absolute Gasteiger partial charge is 0.444 e. The van der Waals surface area contributed by atoms with Crippen LogP contribution in [0.5, 0.6) is 0 Å². The lowest BCUT2D eigenvalue weighted by Gasteiger charge is -2.42. The van der Waals surface area contributed by atoms with Crippen LogP contribution in [0.4, 0.5) is 4.79 Å². The van der Waals surface area contributed by atoms with Crippen LogP contribution in [0.1, 0.15) is 80.5 Å². The van der Waals surface area contributed by atoms with Crippen LogP contribution in [-0.4, -0.2) is 105 Å². The van der Waals surface area contributed by atoms with Gasteiger partial charge in [-0.05, 0) is 57.6 Å². The van der Waals surface area contributed by atoms with Crippen molar-refractivity contribution in [1.82, 2.24) is 24.3 Å². The molecule has 258 valence electrons. The second-order valence-corrected chi connectivity index (χ2v) is 14.7. The van der Waals surface area contributed by atoms with Crippen LogP contribution in [0, 0.1) is 0 Å². The van der Waals surface area contributed by atoms with Gasteiger partial charge in [-0.1, -0.05) is 67.4 Å². The summed E-state index contributed by atoms with van der Waals surface area (Å²) in [5.41, 5.74) is 3.04. The zero-order chi connectivity index (χ0) is 33.9. The van der Waals surface area contributed by atoms with Crippen LogP contribution >= 0.6 is 0 Å². The number of ether oxygens (including phenoxy) is 2. The second kappa shape index (κ2) is 14.4. The minimum absolute atomic E-state index is 0.156. The molecule has 1 aromatic heterocycles. The fraction of sp³-hybridized carbons (Fsp3) is 0.553. The molecule has 2 amide bonds. The highest BCUT2D eigenvalue weighted by Crippen LogP contribution is 2.41. The zero-order valence-corrected chi connectivity index (χ0v) is 28.9. The number of carbonyl (C=O) groups excluding carboxylic acids is 2. The Balaban J connectivity index is 1.30. The van der Waals surface area contributed by atoms with Crippen molar-refractivity contribution in [2.24, 2.45) is 0 Å². The van der Waals surface area contributed by atoms with E-state index in [4.69, 9.17) is 14.5 Å². The van der Waals surface area contributed by atoms with Gasteiger partial charge >= 0.3 is 6.09 Å². The Morgan fingerprint density at radius 2 is 1.75 bits per heavy atom. The first-order valence-corrected chi connectivity index (χ1v) is 17.5. The molecule has 3 aliphatic rings. The summed E-state index contributed by atoms with van der Waals surface area (Å²) in [5, 5.41) is 11.8. The monoisotopic (exact) mass is 657 g/mol. The van der Waals surface area contributed by atoms with Crippen molar-refractivity contribution in [3.63, 3.8) is 0 Å². The quantitative estimate of drug-likeness (QED) is 0.339. The van der Waals surface area contributed by atoms with E-state index in [0.29, 0.717) is 43.9 Å². The summed E-state index contributed by atoms with van der Waals surface area (Å²) in [7, 11) is 1.62. The zero-order valence-electron chi connectivity index (χ0n) is 28.9. The number of fused-ring (bicyclic) bond motifs is 1. The van der Waals surface area contributed by atoms with E-state index in [9.17, 15) is 14.7 Å². The Kier molecular flexibility index (Phi) is 10.2. The first-order valence-electron chi connectivity index (χ1n) is 17.5. The molecule has 3 heterocycles. The summed E-state index contributed by atoms with van der Waals surface area (Å²) >= 11 is 0. The number of piperazine rings is 1. The van der Waals surface area contributed by atoms with E-state index < -0.39 is 11.2 Å². The van der Waals surface area contributed by atoms with Gasteiger partial charge < -0.3 is 28.9 Å².